The van der Waals surface area contributed by atoms with Crippen molar-refractivity contribution in [2.24, 2.45) is 5.92 Å². The second-order valence-electron chi connectivity index (χ2n) is 7.58. The van der Waals surface area contributed by atoms with Crippen molar-refractivity contribution < 1.29 is 37.7 Å². The Morgan fingerprint density at radius 3 is 2.32 bits per heavy atom. The standard InChI is InChI=1S/C22H23F2NO6/c1-12(2)19(20(26)25-13(3)15-5-7-16(8-6-15)21(27)28)29-11-14-4-9-17-18(10-14)31-22(23,24)30-17/h4-10,12-13,19H,11H2,1-3H3,(H,25,26)(H,27,28). The first-order chi connectivity index (χ1) is 14.6. The van der Waals surface area contributed by atoms with Crippen molar-refractivity contribution in [3.63, 3.8) is 0 Å². The summed E-state index contributed by atoms with van der Waals surface area (Å²) in [6, 6.07) is 10.2. The summed E-state index contributed by atoms with van der Waals surface area (Å²) in [4.78, 5) is 23.7. The van der Waals surface area contributed by atoms with E-state index in [0.29, 0.717) is 5.56 Å². The van der Waals surface area contributed by atoms with Gasteiger partial charge in [0.2, 0.25) is 5.91 Å². The minimum Gasteiger partial charge on any atom is -0.478 e. The van der Waals surface area contributed by atoms with E-state index in [1.54, 1.807) is 25.1 Å². The average Bonchev–Trinajstić information content (AvgIpc) is 3.00. The number of carbonyl (C=O) groups is 2. The molecule has 9 heteroatoms. The number of ether oxygens (including phenoxy) is 3. The fourth-order valence-corrected chi connectivity index (χ4v) is 3.13. The molecule has 2 N–H and O–H groups in total. The molecule has 1 amide bonds. The second kappa shape index (κ2) is 8.89. The molecule has 0 saturated carbocycles. The molecule has 2 unspecified atom stereocenters. The number of carboxylic acids is 1. The second-order valence-corrected chi connectivity index (χ2v) is 7.58. The van der Waals surface area contributed by atoms with E-state index in [-0.39, 0.29) is 41.5 Å². The molecule has 0 bridgehead atoms. The van der Waals surface area contributed by atoms with Gasteiger partial charge in [-0.1, -0.05) is 32.0 Å². The van der Waals surface area contributed by atoms with Gasteiger partial charge in [-0.15, -0.1) is 8.78 Å². The summed E-state index contributed by atoms with van der Waals surface area (Å²) in [5.41, 5.74) is 1.46. The summed E-state index contributed by atoms with van der Waals surface area (Å²) in [5.74, 6) is -1.66. The van der Waals surface area contributed by atoms with Crippen LogP contribution in [0.25, 0.3) is 0 Å². The third-order valence-electron chi connectivity index (χ3n) is 4.78. The first-order valence-electron chi connectivity index (χ1n) is 9.70. The smallest absolute Gasteiger partial charge is 0.478 e. The van der Waals surface area contributed by atoms with Gasteiger partial charge < -0.3 is 24.6 Å². The highest BCUT2D eigenvalue weighted by molar-refractivity contribution is 5.87. The van der Waals surface area contributed by atoms with Gasteiger partial charge in [0.05, 0.1) is 18.2 Å². The zero-order valence-electron chi connectivity index (χ0n) is 17.2. The van der Waals surface area contributed by atoms with Crippen molar-refractivity contribution in [2.45, 2.75) is 45.8 Å². The van der Waals surface area contributed by atoms with Gasteiger partial charge in [0.15, 0.2) is 11.5 Å². The van der Waals surface area contributed by atoms with Crippen molar-refractivity contribution in [1.82, 2.24) is 5.32 Å². The molecule has 2 atom stereocenters. The van der Waals surface area contributed by atoms with Gasteiger partial charge in [-0.05, 0) is 48.2 Å². The largest absolute Gasteiger partial charge is 0.586 e. The Kier molecular flexibility index (Phi) is 6.45. The van der Waals surface area contributed by atoms with Gasteiger partial charge in [-0.3, -0.25) is 4.79 Å². The van der Waals surface area contributed by atoms with E-state index in [1.165, 1.54) is 24.3 Å². The predicted octanol–water partition coefficient (Wildman–Crippen LogP) is 4.12. The quantitative estimate of drug-likeness (QED) is 0.648. The first kappa shape index (κ1) is 22.5. The van der Waals surface area contributed by atoms with E-state index >= 15 is 0 Å². The molecule has 2 aromatic rings. The van der Waals surface area contributed by atoms with Gasteiger partial charge in [0.25, 0.3) is 0 Å². The van der Waals surface area contributed by atoms with Crippen molar-refractivity contribution in [2.75, 3.05) is 0 Å². The number of nitrogens with one attached hydrogen (secondary N) is 1. The Labute approximate surface area is 177 Å². The van der Waals surface area contributed by atoms with Crippen LogP contribution in [0.15, 0.2) is 42.5 Å². The average molecular weight is 435 g/mol. The Bertz CT molecular complexity index is 961. The molecule has 7 nitrogen and oxygen atoms in total. The molecule has 1 aliphatic rings. The maximum absolute atomic E-state index is 13.2. The summed E-state index contributed by atoms with van der Waals surface area (Å²) in [7, 11) is 0. The lowest BCUT2D eigenvalue weighted by Crippen LogP contribution is -2.40. The lowest BCUT2D eigenvalue weighted by Gasteiger charge is -2.23. The zero-order chi connectivity index (χ0) is 22.8. The molecule has 0 saturated heterocycles. The highest BCUT2D eigenvalue weighted by atomic mass is 19.3. The van der Waals surface area contributed by atoms with Crippen LogP contribution in [-0.2, 0) is 16.1 Å². The van der Waals surface area contributed by atoms with Crippen molar-refractivity contribution in [1.29, 1.82) is 0 Å². The number of carboxylic acid groups (broad SMARTS) is 1. The molecule has 0 aromatic heterocycles. The molecule has 1 aliphatic heterocycles. The Hall–Kier alpha value is -3.20. The number of alkyl halides is 2. The summed E-state index contributed by atoms with van der Waals surface area (Å²) < 4.78 is 40.9. The third kappa shape index (κ3) is 5.49. The summed E-state index contributed by atoms with van der Waals surface area (Å²) in [5, 5.41) is 11.8. The number of rotatable bonds is 8. The fourth-order valence-electron chi connectivity index (χ4n) is 3.13. The van der Waals surface area contributed by atoms with Crippen LogP contribution >= 0.6 is 0 Å². The zero-order valence-corrected chi connectivity index (χ0v) is 17.2. The Morgan fingerprint density at radius 1 is 1.06 bits per heavy atom. The molecule has 0 fully saturated rings. The number of hydrogen-bond donors (Lipinski definition) is 2. The maximum Gasteiger partial charge on any atom is 0.586 e. The monoisotopic (exact) mass is 435 g/mol. The molecule has 0 radical (unpaired) electrons. The Morgan fingerprint density at radius 2 is 1.71 bits per heavy atom. The highest BCUT2D eigenvalue weighted by Crippen LogP contribution is 2.41. The fraction of sp³-hybridized carbons (Fsp3) is 0.364. The van der Waals surface area contributed by atoms with Gasteiger partial charge >= 0.3 is 12.3 Å². The van der Waals surface area contributed by atoms with E-state index in [2.05, 4.69) is 14.8 Å². The minimum absolute atomic E-state index is 0.0141. The van der Waals surface area contributed by atoms with Crippen molar-refractivity contribution >= 4 is 11.9 Å². The lowest BCUT2D eigenvalue weighted by molar-refractivity contribution is -0.286. The summed E-state index contributed by atoms with van der Waals surface area (Å²) in [6.07, 6.45) is -4.48. The first-order valence-corrected chi connectivity index (χ1v) is 9.70. The molecule has 2 aromatic carbocycles. The van der Waals surface area contributed by atoms with Crippen LogP contribution in [0.3, 0.4) is 0 Å². The Balaban J connectivity index is 1.61. The van der Waals surface area contributed by atoms with E-state index < -0.39 is 18.4 Å². The SMILES string of the molecule is CC(NC(=O)C(OCc1ccc2c(c1)OC(F)(F)O2)C(C)C)c1ccc(C(=O)O)cc1. The normalized spacial score (nSPS) is 16.1. The van der Waals surface area contributed by atoms with Crippen LogP contribution < -0.4 is 14.8 Å². The van der Waals surface area contributed by atoms with Gasteiger partial charge in [-0.25, -0.2) is 4.79 Å². The minimum atomic E-state index is -3.69. The van der Waals surface area contributed by atoms with Crippen LogP contribution in [0.5, 0.6) is 11.5 Å². The number of aromatic carboxylic acids is 1. The predicted molar refractivity (Wildman–Crippen MR) is 106 cm³/mol. The number of amides is 1. The number of halogens is 2. The molecule has 0 spiro atoms. The molecule has 1 heterocycles. The van der Waals surface area contributed by atoms with Crippen LogP contribution in [0.2, 0.25) is 0 Å². The molecule has 166 valence electrons. The third-order valence-corrected chi connectivity index (χ3v) is 4.78. The van der Waals surface area contributed by atoms with E-state index in [0.717, 1.165) is 5.56 Å². The molecule has 0 aliphatic carbocycles. The molecular weight excluding hydrogens is 412 g/mol. The molecule has 3 rings (SSSR count). The van der Waals surface area contributed by atoms with Crippen LogP contribution in [0.1, 0.15) is 48.3 Å². The molecular formula is C22H23F2NO6. The van der Waals surface area contributed by atoms with Crippen LogP contribution in [0.4, 0.5) is 8.78 Å². The van der Waals surface area contributed by atoms with Crippen molar-refractivity contribution in [3.8, 4) is 11.5 Å². The summed E-state index contributed by atoms with van der Waals surface area (Å²) >= 11 is 0. The lowest BCUT2D eigenvalue weighted by atomic mass is 10.0. The maximum atomic E-state index is 13.2. The van der Waals surface area contributed by atoms with Crippen LogP contribution in [0, 0.1) is 5.92 Å². The van der Waals surface area contributed by atoms with E-state index in [1.807, 2.05) is 13.8 Å². The molecule has 31 heavy (non-hydrogen) atoms. The van der Waals surface area contributed by atoms with E-state index in [4.69, 9.17) is 9.84 Å². The topological polar surface area (TPSA) is 94.1 Å². The number of hydrogen-bond acceptors (Lipinski definition) is 5. The van der Waals surface area contributed by atoms with Gasteiger partial charge in [-0.2, -0.15) is 0 Å². The van der Waals surface area contributed by atoms with Gasteiger partial charge in [0.1, 0.15) is 6.10 Å². The number of carbonyl (C=O) groups excluding carboxylic acids is 1. The number of fused-ring (bicyclic) bond motifs is 1. The van der Waals surface area contributed by atoms with Crippen molar-refractivity contribution in [3.05, 3.63) is 59.2 Å². The summed E-state index contributed by atoms with van der Waals surface area (Å²) in [6.45, 7) is 5.46. The van der Waals surface area contributed by atoms with E-state index in [9.17, 15) is 18.4 Å². The van der Waals surface area contributed by atoms with Gasteiger partial charge in [0, 0.05) is 0 Å². The number of benzene rings is 2. The van der Waals surface area contributed by atoms with Crippen LogP contribution in [-0.4, -0.2) is 29.4 Å². The highest BCUT2D eigenvalue weighted by Gasteiger charge is 2.43.